The highest BCUT2D eigenvalue weighted by molar-refractivity contribution is 6.34. The number of amides is 1. The third-order valence-corrected chi connectivity index (χ3v) is 7.87. The first-order valence-corrected chi connectivity index (χ1v) is 14.2. The first kappa shape index (κ1) is 24.1. The van der Waals surface area contributed by atoms with E-state index in [0.717, 1.165) is 4.57 Å². The normalized spacial score (nSPS) is 18.9. The molecule has 1 saturated heterocycles. The lowest BCUT2D eigenvalue weighted by Gasteiger charge is -2.45. The number of rotatable bonds is 6. The number of piperazine rings is 1. The van der Waals surface area contributed by atoms with Crippen LogP contribution in [0.4, 0.5) is 10.2 Å². The third-order valence-electron chi connectivity index (χ3n) is 7.58. The van der Waals surface area contributed by atoms with E-state index >= 15 is 0 Å². The van der Waals surface area contributed by atoms with E-state index in [-0.39, 0.29) is 52.4 Å². The van der Waals surface area contributed by atoms with Gasteiger partial charge < -0.3 is 9.80 Å². The van der Waals surface area contributed by atoms with E-state index in [2.05, 4.69) is 16.5 Å². The van der Waals surface area contributed by atoms with Crippen LogP contribution >= 0.6 is 11.6 Å². The molecule has 0 N–H and O–H groups in total. The summed E-state index contributed by atoms with van der Waals surface area (Å²) in [6, 6.07) is 8.97. The van der Waals surface area contributed by atoms with E-state index in [1.165, 1.54) is 23.2 Å². The lowest BCUT2D eigenvalue weighted by Crippen LogP contribution is -2.59. The van der Waals surface area contributed by atoms with Gasteiger partial charge in [-0.2, -0.15) is 4.98 Å². The van der Waals surface area contributed by atoms with Gasteiger partial charge in [0.25, 0.3) is 5.91 Å². The number of nitrogens with zero attached hydrogens (tertiary/aromatic N) is 6. The fraction of sp³-hybridized carbons (Fsp3) is 0.303. The van der Waals surface area contributed by atoms with Gasteiger partial charge in [-0.25, -0.2) is 18.7 Å². The summed E-state index contributed by atoms with van der Waals surface area (Å²) in [6.45, 7) is 7.57. The first-order valence-electron chi connectivity index (χ1n) is 16.3. The zero-order valence-corrected chi connectivity index (χ0v) is 25.0. The fourth-order valence-electron chi connectivity index (χ4n) is 5.74. The van der Waals surface area contributed by atoms with Crippen molar-refractivity contribution in [3.05, 3.63) is 93.9 Å². The Morgan fingerprint density at radius 3 is 2.58 bits per heavy atom. The second-order valence-corrected chi connectivity index (χ2v) is 11.3. The van der Waals surface area contributed by atoms with Gasteiger partial charge in [-0.1, -0.05) is 68.9 Å². The highest BCUT2D eigenvalue weighted by Crippen LogP contribution is 2.37. The molecule has 1 aliphatic heterocycles. The summed E-state index contributed by atoms with van der Waals surface area (Å²) in [7, 11) is 0. The van der Waals surface area contributed by atoms with Crippen molar-refractivity contribution in [2.45, 2.75) is 52.5 Å². The van der Waals surface area contributed by atoms with Crippen molar-refractivity contribution in [1.82, 2.24) is 24.4 Å². The van der Waals surface area contributed by atoms with Crippen molar-refractivity contribution in [1.29, 1.82) is 0 Å². The molecule has 0 unspecified atom stereocenters. The largest absolute Gasteiger partial charge is 0.355 e. The summed E-state index contributed by atoms with van der Waals surface area (Å²) in [4.78, 5) is 43.9. The minimum Gasteiger partial charge on any atom is -0.347 e. The number of fused-ring (bicyclic) bond motifs is 1. The van der Waals surface area contributed by atoms with Gasteiger partial charge >= 0.3 is 5.69 Å². The van der Waals surface area contributed by atoms with Crippen LogP contribution in [0, 0.1) is 6.85 Å². The van der Waals surface area contributed by atoms with Crippen molar-refractivity contribution in [2.75, 3.05) is 18.0 Å². The molecule has 0 saturated carbocycles. The minimum atomic E-state index is -2.63. The molecule has 10 heteroatoms. The van der Waals surface area contributed by atoms with E-state index in [9.17, 15) is 14.0 Å². The second kappa shape index (κ2) is 11.7. The van der Waals surface area contributed by atoms with Gasteiger partial charge in [-0.3, -0.25) is 9.78 Å². The van der Waals surface area contributed by atoms with Crippen LogP contribution < -0.4 is 10.6 Å². The molecule has 4 aromatic rings. The van der Waals surface area contributed by atoms with Crippen molar-refractivity contribution in [3.63, 3.8) is 0 Å². The maximum Gasteiger partial charge on any atom is 0.355 e. The Balaban J connectivity index is 1.89. The molecule has 4 heterocycles. The van der Waals surface area contributed by atoms with Crippen molar-refractivity contribution in [2.24, 2.45) is 0 Å². The number of halogens is 2. The van der Waals surface area contributed by atoms with Gasteiger partial charge in [-0.15, -0.1) is 0 Å². The predicted molar refractivity (Wildman–Crippen MR) is 171 cm³/mol. The maximum absolute atomic E-state index is 14.3. The average molecular weight is 606 g/mol. The molecule has 1 fully saturated rings. The van der Waals surface area contributed by atoms with E-state index in [4.69, 9.17) is 23.4 Å². The molecule has 5 rings (SSSR count). The van der Waals surface area contributed by atoms with Crippen molar-refractivity contribution in [3.8, 4) is 16.9 Å². The van der Waals surface area contributed by atoms with Crippen LogP contribution in [0.2, 0.25) is 5.02 Å². The molecule has 1 amide bonds. The number of carbonyl (C=O) groups excluding carboxylic acids is 1. The van der Waals surface area contributed by atoms with Crippen LogP contribution in [0.25, 0.3) is 34.1 Å². The minimum absolute atomic E-state index is 0.0353. The molecule has 0 aliphatic carbocycles. The summed E-state index contributed by atoms with van der Waals surface area (Å²) in [6.07, 6.45) is 2.73. The van der Waals surface area contributed by atoms with Crippen molar-refractivity contribution >= 4 is 40.4 Å². The zero-order valence-electron chi connectivity index (χ0n) is 29.2. The smallest absolute Gasteiger partial charge is 0.347 e. The molecular weight excluding hydrogens is 567 g/mol. The topological polar surface area (TPSA) is 84.2 Å². The van der Waals surface area contributed by atoms with Gasteiger partial charge in [0.05, 0.1) is 30.2 Å². The summed E-state index contributed by atoms with van der Waals surface area (Å²) in [5, 5.41) is 0.490. The average Bonchev–Trinajstić information content (AvgIpc) is 2.99. The second-order valence-electron chi connectivity index (χ2n) is 10.9. The van der Waals surface area contributed by atoms with Crippen LogP contribution in [0.15, 0.2) is 66.3 Å². The number of benzene rings is 1. The van der Waals surface area contributed by atoms with Crippen LogP contribution in [0.3, 0.4) is 0 Å². The Bertz CT molecular complexity index is 2020. The molecule has 1 aromatic carbocycles. The fourth-order valence-corrected chi connectivity index (χ4v) is 5.99. The molecule has 222 valence electrons. The molecule has 3 aromatic heterocycles. The van der Waals surface area contributed by atoms with Gasteiger partial charge in [0, 0.05) is 41.0 Å². The summed E-state index contributed by atoms with van der Waals surface area (Å²) in [5.74, 6) is -1.98. The van der Waals surface area contributed by atoms with E-state index in [0.29, 0.717) is 22.2 Å². The molecular formula is C33H34ClFN6O2. The number of hydrogen-bond acceptors (Lipinski definition) is 6. The highest BCUT2D eigenvalue weighted by Gasteiger charge is 2.35. The van der Waals surface area contributed by atoms with Gasteiger partial charge in [0.15, 0.2) is 11.5 Å². The Morgan fingerprint density at radius 2 is 1.93 bits per heavy atom. The zero-order chi connectivity index (χ0) is 35.2. The third kappa shape index (κ3) is 5.33. The molecule has 8 nitrogen and oxygen atoms in total. The monoisotopic (exact) mass is 605 g/mol. The lowest BCUT2D eigenvalue weighted by atomic mass is 10.0. The van der Waals surface area contributed by atoms with Crippen LogP contribution in [0.1, 0.15) is 57.3 Å². The van der Waals surface area contributed by atoms with E-state index < -0.39 is 42.9 Å². The number of pyridine rings is 2. The summed E-state index contributed by atoms with van der Waals surface area (Å²) in [5.41, 5.74) is 0.687. The molecule has 0 bridgehead atoms. The maximum atomic E-state index is 14.3. The quantitative estimate of drug-likeness (QED) is 0.234. The SMILES string of the molecule is [2H]C([2H])=Cc1ccccc1-c1nc2c(cc1Cl)c(N1[C@@H](C)CN(C(=O)C(=C)F)C[C@@H]1C)nc(=O)n2-c1c(C([2H])([2H])[2H])ccnc1C(C)C. The number of aromatic nitrogens is 4. The Kier molecular flexibility index (Phi) is 6.57. The van der Waals surface area contributed by atoms with E-state index in [1.807, 2.05) is 32.6 Å². The number of aryl methyl sites for hydroxylation is 1. The van der Waals surface area contributed by atoms with E-state index in [1.54, 1.807) is 30.3 Å². The van der Waals surface area contributed by atoms with Crippen molar-refractivity contribution < 1.29 is 16.0 Å². The number of carbonyl (C=O) groups is 1. The van der Waals surface area contributed by atoms with Crippen LogP contribution in [-0.4, -0.2) is 55.5 Å². The summed E-state index contributed by atoms with van der Waals surface area (Å²) < 4.78 is 55.4. The Morgan fingerprint density at radius 1 is 1.21 bits per heavy atom. The number of hydrogen-bond donors (Lipinski definition) is 0. The molecule has 0 spiro atoms. The molecule has 43 heavy (non-hydrogen) atoms. The van der Waals surface area contributed by atoms with Crippen LogP contribution in [-0.2, 0) is 4.79 Å². The molecule has 0 radical (unpaired) electrons. The van der Waals surface area contributed by atoms with Gasteiger partial charge in [0.1, 0.15) is 5.82 Å². The highest BCUT2D eigenvalue weighted by atomic mass is 35.5. The lowest BCUT2D eigenvalue weighted by molar-refractivity contribution is -0.129. The first-order chi connectivity index (χ1) is 22.5. The predicted octanol–water partition coefficient (Wildman–Crippen LogP) is 6.48. The van der Waals surface area contributed by atoms with Gasteiger partial charge in [0.2, 0.25) is 0 Å². The summed E-state index contributed by atoms with van der Waals surface area (Å²) >= 11 is 6.94. The Hall–Kier alpha value is -4.37. The molecule has 1 aliphatic rings. The number of anilines is 1. The van der Waals surface area contributed by atoms with Crippen LogP contribution in [0.5, 0.6) is 0 Å². The standard InChI is InChI=1S/C33H34ClFN6O2/c1-8-23-11-9-10-12-24(23)28-26(34)15-25-30(37-28)41(29-19(4)13-14-36-27(29)18(2)3)33(43)38-31(25)40-20(5)16-39(17-21(40)6)32(42)22(7)35/h8-15,18,20-21H,1,7,16-17H2,2-6H3/t20-,21-/m0/s1/i1D2,4D3. The Labute approximate surface area is 262 Å². The molecule has 2 atom stereocenters. The van der Waals surface area contributed by atoms with Gasteiger partial charge in [-0.05, 0) is 49.9 Å².